The number of aryl methyl sites for hydroxylation is 1. The van der Waals surface area contributed by atoms with Crippen molar-refractivity contribution >= 4 is 11.3 Å². The third kappa shape index (κ3) is 5.22. The monoisotopic (exact) mass is 308 g/mol. The van der Waals surface area contributed by atoms with E-state index in [4.69, 9.17) is 4.52 Å². The van der Waals surface area contributed by atoms with Crippen LogP contribution in [0, 0.1) is 6.92 Å². The molecule has 0 atom stereocenters. The Hall–Kier alpha value is -1.24. The molecule has 5 nitrogen and oxygen atoms in total. The average molecular weight is 308 g/mol. The quantitative estimate of drug-likeness (QED) is 0.889. The molecule has 0 radical (unpaired) electrons. The molecule has 0 unspecified atom stereocenters. The van der Waals surface area contributed by atoms with Crippen LogP contribution in [0.1, 0.15) is 42.8 Å². The van der Waals surface area contributed by atoms with Crippen molar-refractivity contribution in [3.63, 3.8) is 0 Å². The standard InChI is InChI=1S/C15H24N4OS/c1-11-14(21-10-16-11)9-19(5)8-13-6-12(18-20-13)7-17-15(2,3)4/h6,10,17H,7-9H2,1-5H3. The number of thiazole rings is 1. The highest BCUT2D eigenvalue weighted by Gasteiger charge is 2.12. The lowest BCUT2D eigenvalue weighted by molar-refractivity contribution is 0.266. The van der Waals surface area contributed by atoms with Crippen LogP contribution in [0.5, 0.6) is 0 Å². The summed E-state index contributed by atoms with van der Waals surface area (Å²) in [6.45, 7) is 10.8. The van der Waals surface area contributed by atoms with Gasteiger partial charge in [0.25, 0.3) is 0 Å². The van der Waals surface area contributed by atoms with E-state index >= 15 is 0 Å². The molecule has 2 aromatic rings. The second kappa shape index (κ2) is 6.68. The van der Waals surface area contributed by atoms with Crippen molar-refractivity contribution in [3.05, 3.63) is 33.6 Å². The van der Waals surface area contributed by atoms with E-state index in [-0.39, 0.29) is 5.54 Å². The van der Waals surface area contributed by atoms with Gasteiger partial charge in [-0.1, -0.05) is 5.16 Å². The molecule has 0 aliphatic heterocycles. The van der Waals surface area contributed by atoms with Gasteiger partial charge in [0.15, 0.2) is 5.76 Å². The van der Waals surface area contributed by atoms with Crippen molar-refractivity contribution < 1.29 is 4.52 Å². The first-order chi connectivity index (χ1) is 9.83. The summed E-state index contributed by atoms with van der Waals surface area (Å²) in [4.78, 5) is 7.78. The number of hydrogen-bond donors (Lipinski definition) is 1. The minimum Gasteiger partial charge on any atom is -0.360 e. The zero-order valence-electron chi connectivity index (χ0n) is 13.4. The van der Waals surface area contributed by atoms with Crippen LogP contribution in [-0.2, 0) is 19.6 Å². The molecule has 1 N–H and O–H groups in total. The van der Waals surface area contributed by atoms with Gasteiger partial charge in [0.2, 0.25) is 0 Å². The zero-order valence-corrected chi connectivity index (χ0v) is 14.3. The van der Waals surface area contributed by atoms with Gasteiger partial charge < -0.3 is 9.84 Å². The van der Waals surface area contributed by atoms with E-state index in [1.165, 1.54) is 4.88 Å². The van der Waals surface area contributed by atoms with Crippen LogP contribution in [0.3, 0.4) is 0 Å². The Morgan fingerprint density at radius 1 is 1.33 bits per heavy atom. The van der Waals surface area contributed by atoms with Crippen molar-refractivity contribution in [1.82, 2.24) is 20.4 Å². The number of rotatable bonds is 6. The van der Waals surface area contributed by atoms with Crippen molar-refractivity contribution in [2.45, 2.75) is 52.9 Å². The number of hydrogen-bond acceptors (Lipinski definition) is 6. The van der Waals surface area contributed by atoms with E-state index in [1.807, 2.05) is 18.5 Å². The highest BCUT2D eigenvalue weighted by atomic mass is 32.1. The Kier molecular flexibility index (Phi) is 5.13. The van der Waals surface area contributed by atoms with E-state index in [9.17, 15) is 0 Å². The summed E-state index contributed by atoms with van der Waals surface area (Å²) in [6, 6.07) is 2.02. The second-order valence-corrected chi connectivity index (χ2v) is 7.36. The number of aromatic nitrogens is 2. The Bertz CT molecular complexity index is 570. The van der Waals surface area contributed by atoms with Gasteiger partial charge in [-0.05, 0) is 34.7 Å². The summed E-state index contributed by atoms with van der Waals surface area (Å²) < 4.78 is 5.41. The predicted octanol–water partition coefficient (Wildman–Crippen LogP) is 2.96. The van der Waals surface area contributed by atoms with Gasteiger partial charge in [0.05, 0.1) is 23.4 Å². The third-order valence-corrected chi connectivity index (χ3v) is 4.01. The van der Waals surface area contributed by atoms with Crippen LogP contribution in [0.4, 0.5) is 0 Å². The average Bonchev–Trinajstić information content (AvgIpc) is 2.96. The molecule has 21 heavy (non-hydrogen) atoms. The molecule has 116 valence electrons. The maximum atomic E-state index is 5.41. The molecule has 0 aromatic carbocycles. The minimum absolute atomic E-state index is 0.0829. The number of nitrogens with zero attached hydrogens (tertiary/aromatic N) is 3. The van der Waals surface area contributed by atoms with Gasteiger partial charge in [0.1, 0.15) is 0 Å². The lowest BCUT2D eigenvalue weighted by atomic mass is 10.1. The van der Waals surface area contributed by atoms with Gasteiger partial charge in [-0.15, -0.1) is 11.3 Å². The first-order valence-corrected chi connectivity index (χ1v) is 7.98. The Morgan fingerprint density at radius 3 is 2.71 bits per heavy atom. The van der Waals surface area contributed by atoms with Gasteiger partial charge >= 0.3 is 0 Å². The fourth-order valence-corrected chi connectivity index (χ4v) is 2.77. The van der Waals surface area contributed by atoms with E-state index in [0.29, 0.717) is 0 Å². The number of nitrogens with one attached hydrogen (secondary N) is 1. The fourth-order valence-electron chi connectivity index (χ4n) is 1.91. The molecule has 0 bridgehead atoms. The lowest BCUT2D eigenvalue weighted by Gasteiger charge is -2.19. The molecule has 2 rings (SSSR count). The van der Waals surface area contributed by atoms with Crippen LogP contribution in [0.15, 0.2) is 16.1 Å². The molecule has 0 aliphatic rings. The summed E-state index contributed by atoms with van der Waals surface area (Å²) >= 11 is 1.70. The third-order valence-electron chi connectivity index (χ3n) is 3.09. The Balaban J connectivity index is 1.86. The van der Waals surface area contributed by atoms with Gasteiger partial charge in [-0.25, -0.2) is 4.98 Å². The largest absolute Gasteiger partial charge is 0.360 e. The van der Waals surface area contributed by atoms with Gasteiger partial charge in [-0.3, -0.25) is 4.90 Å². The summed E-state index contributed by atoms with van der Waals surface area (Å²) in [6.07, 6.45) is 0. The van der Waals surface area contributed by atoms with Gasteiger partial charge in [0, 0.05) is 29.6 Å². The highest BCUT2D eigenvalue weighted by molar-refractivity contribution is 7.09. The maximum absolute atomic E-state index is 5.41. The minimum atomic E-state index is 0.0829. The molecule has 2 aromatic heterocycles. The van der Waals surface area contributed by atoms with Crippen molar-refractivity contribution in [2.24, 2.45) is 0 Å². The first kappa shape index (κ1) is 16.1. The normalized spacial score (nSPS) is 12.3. The maximum Gasteiger partial charge on any atom is 0.151 e. The molecule has 2 heterocycles. The highest BCUT2D eigenvalue weighted by Crippen LogP contribution is 2.16. The molecule has 6 heteroatoms. The summed E-state index contributed by atoms with van der Waals surface area (Å²) in [5.74, 6) is 0.894. The van der Waals surface area contributed by atoms with E-state index in [0.717, 1.165) is 36.8 Å². The summed E-state index contributed by atoms with van der Waals surface area (Å²) in [7, 11) is 2.08. The van der Waals surface area contributed by atoms with Crippen LogP contribution in [0.25, 0.3) is 0 Å². The predicted molar refractivity (Wildman–Crippen MR) is 85.1 cm³/mol. The molecule has 0 fully saturated rings. The first-order valence-electron chi connectivity index (χ1n) is 7.10. The van der Waals surface area contributed by atoms with Crippen LogP contribution < -0.4 is 5.32 Å². The fraction of sp³-hybridized carbons (Fsp3) is 0.600. The van der Waals surface area contributed by atoms with E-state index in [2.05, 4.69) is 48.2 Å². The summed E-state index contributed by atoms with van der Waals surface area (Å²) in [5, 5.41) is 7.52. The SMILES string of the molecule is Cc1ncsc1CN(C)Cc1cc(CNC(C)(C)C)no1. The molecule has 0 amide bonds. The second-order valence-electron chi connectivity index (χ2n) is 6.42. The Morgan fingerprint density at radius 2 is 2.10 bits per heavy atom. The summed E-state index contributed by atoms with van der Waals surface area (Å²) in [5.41, 5.74) is 4.03. The van der Waals surface area contributed by atoms with Crippen LogP contribution >= 0.6 is 11.3 Å². The van der Waals surface area contributed by atoms with Crippen molar-refractivity contribution in [1.29, 1.82) is 0 Å². The van der Waals surface area contributed by atoms with Crippen LogP contribution in [0.2, 0.25) is 0 Å². The Labute approximate surface area is 130 Å². The molecule has 0 saturated heterocycles. The smallest absolute Gasteiger partial charge is 0.151 e. The van der Waals surface area contributed by atoms with Crippen molar-refractivity contribution in [2.75, 3.05) is 7.05 Å². The van der Waals surface area contributed by atoms with E-state index in [1.54, 1.807) is 11.3 Å². The van der Waals surface area contributed by atoms with Gasteiger partial charge in [-0.2, -0.15) is 0 Å². The topological polar surface area (TPSA) is 54.2 Å². The molecule has 0 spiro atoms. The van der Waals surface area contributed by atoms with E-state index < -0.39 is 0 Å². The zero-order chi connectivity index (χ0) is 15.5. The molecular weight excluding hydrogens is 284 g/mol. The molecular formula is C15H24N4OS. The molecule has 0 saturated carbocycles. The van der Waals surface area contributed by atoms with Crippen LogP contribution in [-0.4, -0.2) is 27.6 Å². The van der Waals surface area contributed by atoms with Crippen molar-refractivity contribution in [3.8, 4) is 0 Å². The molecule has 0 aliphatic carbocycles. The lowest BCUT2D eigenvalue weighted by Crippen LogP contribution is -2.35.